The lowest BCUT2D eigenvalue weighted by Gasteiger charge is -2.23. The number of aryl methyl sites for hydroxylation is 1. The summed E-state index contributed by atoms with van der Waals surface area (Å²) in [5, 5.41) is 10.2. The van der Waals surface area contributed by atoms with E-state index in [4.69, 9.17) is 4.52 Å². The van der Waals surface area contributed by atoms with Crippen molar-refractivity contribution in [3.05, 3.63) is 11.7 Å². The van der Waals surface area contributed by atoms with E-state index in [9.17, 15) is 4.79 Å². The smallest absolute Gasteiger partial charge is 0.226 e. The number of carbonyl (C=O) groups is 1. The van der Waals surface area contributed by atoms with Crippen LogP contribution < -0.4 is 10.6 Å². The van der Waals surface area contributed by atoms with Gasteiger partial charge in [0.2, 0.25) is 11.8 Å². The van der Waals surface area contributed by atoms with E-state index < -0.39 is 0 Å². The van der Waals surface area contributed by atoms with Crippen LogP contribution in [0, 0.1) is 11.3 Å². The van der Waals surface area contributed by atoms with E-state index in [2.05, 4.69) is 20.8 Å². The molecule has 1 atom stereocenters. The van der Waals surface area contributed by atoms with Crippen LogP contribution >= 0.6 is 0 Å². The van der Waals surface area contributed by atoms with Gasteiger partial charge in [0.15, 0.2) is 5.82 Å². The highest BCUT2D eigenvalue weighted by molar-refractivity contribution is 5.82. The molecule has 110 valence electrons. The van der Waals surface area contributed by atoms with Crippen molar-refractivity contribution in [1.82, 2.24) is 20.8 Å². The number of nitrogens with one attached hydrogen (secondary N) is 2. The SMILES string of the molecule is CCc1nc(CCNC(=O)C2CC23CCNCC3)no1. The van der Waals surface area contributed by atoms with Crippen LogP contribution in [0.2, 0.25) is 0 Å². The average Bonchev–Trinajstić information content (AvgIpc) is 2.97. The molecule has 1 aliphatic heterocycles. The molecule has 3 rings (SSSR count). The number of aromatic nitrogens is 2. The fourth-order valence-electron chi connectivity index (χ4n) is 3.15. The number of piperidine rings is 1. The summed E-state index contributed by atoms with van der Waals surface area (Å²) >= 11 is 0. The number of hydrogen-bond acceptors (Lipinski definition) is 5. The first kappa shape index (κ1) is 13.5. The van der Waals surface area contributed by atoms with Gasteiger partial charge in [-0.2, -0.15) is 4.98 Å². The first-order valence-corrected chi connectivity index (χ1v) is 7.53. The molecular formula is C14H22N4O2. The van der Waals surface area contributed by atoms with Crippen LogP contribution in [0.4, 0.5) is 0 Å². The number of rotatable bonds is 5. The maximum Gasteiger partial charge on any atom is 0.226 e. The largest absolute Gasteiger partial charge is 0.355 e. The van der Waals surface area contributed by atoms with E-state index in [1.54, 1.807) is 0 Å². The molecule has 1 saturated heterocycles. The van der Waals surface area contributed by atoms with Crippen molar-refractivity contribution in [2.75, 3.05) is 19.6 Å². The molecule has 2 aliphatic rings. The highest BCUT2D eigenvalue weighted by Crippen LogP contribution is 2.58. The molecule has 1 saturated carbocycles. The summed E-state index contributed by atoms with van der Waals surface area (Å²) in [6, 6.07) is 0. The van der Waals surface area contributed by atoms with Gasteiger partial charge in [0.25, 0.3) is 0 Å². The Balaban J connectivity index is 1.42. The van der Waals surface area contributed by atoms with Gasteiger partial charge in [-0.1, -0.05) is 12.1 Å². The third-order valence-corrected chi connectivity index (χ3v) is 4.57. The van der Waals surface area contributed by atoms with Crippen molar-refractivity contribution in [2.24, 2.45) is 11.3 Å². The minimum absolute atomic E-state index is 0.200. The summed E-state index contributed by atoms with van der Waals surface area (Å²) in [7, 11) is 0. The molecule has 2 heterocycles. The Kier molecular flexibility index (Phi) is 3.74. The van der Waals surface area contributed by atoms with Gasteiger partial charge in [-0.15, -0.1) is 0 Å². The predicted molar refractivity (Wildman–Crippen MR) is 73.0 cm³/mol. The third kappa shape index (κ3) is 2.70. The van der Waals surface area contributed by atoms with Crippen LogP contribution in [0.15, 0.2) is 4.52 Å². The van der Waals surface area contributed by atoms with Crippen LogP contribution in [0.5, 0.6) is 0 Å². The molecule has 1 amide bonds. The second-order valence-corrected chi connectivity index (χ2v) is 5.87. The topological polar surface area (TPSA) is 80.0 Å². The summed E-state index contributed by atoms with van der Waals surface area (Å²) in [6.45, 7) is 4.66. The highest BCUT2D eigenvalue weighted by Gasteiger charge is 2.57. The standard InChI is InChI=1S/C14H22N4O2/c1-2-12-17-11(18-20-12)3-6-16-13(19)10-9-14(10)4-7-15-8-5-14/h10,15H,2-9H2,1H3,(H,16,19). The molecule has 1 unspecified atom stereocenters. The van der Waals surface area contributed by atoms with Crippen LogP contribution in [0.1, 0.15) is 37.9 Å². The van der Waals surface area contributed by atoms with Crippen molar-refractivity contribution in [3.63, 3.8) is 0 Å². The molecule has 6 heteroatoms. The zero-order valence-electron chi connectivity index (χ0n) is 11.9. The molecule has 0 aromatic carbocycles. The minimum atomic E-state index is 0.200. The maximum atomic E-state index is 12.1. The van der Waals surface area contributed by atoms with Crippen molar-refractivity contribution in [3.8, 4) is 0 Å². The molecule has 6 nitrogen and oxygen atoms in total. The molecule has 1 aromatic rings. The van der Waals surface area contributed by atoms with Gasteiger partial charge in [-0.3, -0.25) is 4.79 Å². The Morgan fingerprint density at radius 3 is 3.00 bits per heavy atom. The van der Waals surface area contributed by atoms with Gasteiger partial charge >= 0.3 is 0 Å². The van der Waals surface area contributed by atoms with Crippen molar-refractivity contribution < 1.29 is 9.32 Å². The van der Waals surface area contributed by atoms with Crippen LogP contribution in [-0.2, 0) is 17.6 Å². The third-order valence-electron chi connectivity index (χ3n) is 4.57. The molecule has 1 aliphatic carbocycles. The number of hydrogen-bond donors (Lipinski definition) is 2. The quantitative estimate of drug-likeness (QED) is 0.828. The van der Waals surface area contributed by atoms with Gasteiger partial charge in [-0.25, -0.2) is 0 Å². The zero-order chi connectivity index (χ0) is 14.0. The summed E-state index contributed by atoms with van der Waals surface area (Å²) in [5.74, 6) is 1.75. The normalized spacial score (nSPS) is 23.8. The summed E-state index contributed by atoms with van der Waals surface area (Å²) in [4.78, 5) is 16.4. The van der Waals surface area contributed by atoms with E-state index in [-0.39, 0.29) is 11.8 Å². The Labute approximate surface area is 118 Å². The van der Waals surface area contributed by atoms with Gasteiger partial charge in [0.1, 0.15) is 0 Å². The van der Waals surface area contributed by atoms with Crippen LogP contribution in [-0.4, -0.2) is 35.7 Å². The number of amides is 1. The fraction of sp³-hybridized carbons (Fsp3) is 0.786. The van der Waals surface area contributed by atoms with Crippen molar-refractivity contribution in [1.29, 1.82) is 0 Å². The lowest BCUT2D eigenvalue weighted by Crippen LogP contribution is -2.34. The Morgan fingerprint density at radius 1 is 1.50 bits per heavy atom. The monoisotopic (exact) mass is 278 g/mol. The lowest BCUT2D eigenvalue weighted by molar-refractivity contribution is -0.123. The van der Waals surface area contributed by atoms with Crippen molar-refractivity contribution in [2.45, 2.75) is 39.0 Å². The first-order valence-electron chi connectivity index (χ1n) is 7.53. The maximum absolute atomic E-state index is 12.1. The Hall–Kier alpha value is -1.43. The van der Waals surface area contributed by atoms with Gasteiger partial charge in [0.05, 0.1) is 0 Å². The van der Waals surface area contributed by atoms with E-state index in [0.29, 0.717) is 30.1 Å². The fourth-order valence-corrected chi connectivity index (χ4v) is 3.15. The zero-order valence-corrected chi connectivity index (χ0v) is 11.9. The summed E-state index contributed by atoms with van der Waals surface area (Å²) < 4.78 is 5.04. The number of nitrogens with zero attached hydrogens (tertiary/aromatic N) is 2. The summed E-state index contributed by atoms with van der Waals surface area (Å²) in [5.41, 5.74) is 0.302. The lowest BCUT2D eigenvalue weighted by atomic mass is 9.92. The molecule has 2 N–H and O–H groups in total. The molecule has 0 radical (unpaired) electrons. The Bertz CT molecular complexity index is 479. The highest BCUT2D eigenvalue weighted by atomic mass is 16.5. The second-order valence-electron chi connectivity index (χ2n) is 5.87. The van der Waals surface area contributed by atoms with Gasteiger partial charge < -0.3 is 15.2 Å². The van der Waals surface area contributed by atoms with E-state index >= 15 is 0 Å². The molecule has 1 spiro atoms. The molecular weight excluding hydrogens is 256 g/mol. The first-order chi connectivity index (χ1) is 9.73. The molecule has 0 bridgehead atoms. The molecule has 1 aromatic heterocycles. The van der Waals surface area contributed by atoms with Crippen molar-refractivity contribution >= 4 is 5.91 Å². The predicted octanol–water partition coefficient (Wildman–Crippen LogP) is 0.680. The second kappa shape index (κ2) is 5.52. The van der Waals surface area contributed by atoms with E-state index in [0.717, 1.165) is 38.8 Å². The Morgan fingerprint density at radius 2 is 2.30 bits per heavy atom. The van der Waals surface area contributed by atoms with Crippen LogP contribution in [0.25, 0.3) is 0 Å². The average molecular weight is 278 g/mol. The summed E-state index contributed by atoms with van der Waals surface area (Å²) in [6.07, 6.45) is 4.71. The van der Waals surface area contributed by atoms with Gasteiger partial charge in [-0.05, 0) is 37.8 Å². The molecule has 20 heavy (non-hydrogen) atoms. The van der Waals surface area contributed by atoms with Gasteiger partial charge in [0, 0.05) is 25.3 Å². The van der Waals surface area contributed by atoms with E-state index in [1.165, 1.54) is 0 Å². The van der Waals surface area contributed by atoms with E-state index in [1.807, 2.05) is 6.92 Å². The van der Waals surface area contributed by atoms with Crippen LogP contribution in [0.3, 0.4) is 0 Å². The molecule has 2 fully saturated rings. The minimum Gasteiger partial charge on any atom is -0.355 e. The number of carbonyl (C=O) groups excluding carboxylic acids is 1.